The van der Waals surface area contributed by atoms with Crippen LogP contribution in [0.2, 0.25) is 0 Å². The molecule has 1 aromatic heterocycles. The number of ether oxygens (including phenoxy) is 1. The molecule has 3 aromatic rings. The van der Waals surface area contributed by atoms with Crippen LogP contribution in [-0.4, -0.2) is 32.0 Å². The van der Waals surface area contributed by atoms with E-state index in [2.05, 4.69) is 25.8 Å². The van der Waals surface area contributed by atoms with E-state index in [4.69, 9.17) is 9.88 Å². The second-order valence-corrected chi connectivity index (χ2v) is 10.9. The molecule has 0 spiro atoms. The molecule has 0 unspecified atom stereocenters. The topological polar surface area (TPSA) is 121 Å². The minimum atomic E-state index is -3.88. The third-order valence-corrected chi connectivity index (χ3v) is 6.90. The molecule has 0 saturated carbocycles. The first-order chi connectivity index (χ1) is 14.9. The molecular weight excluding hydrogens is 450 g/mol. The zero-order valence-electron chi connectivity index (χ0n) is 18.3. The summed E-state index contributed by atoms with van der Waals surface area (Å²) in [5.74, 6) is -0.844. The molecule has 8 nitrogen and oxygen atoms in total. The van der Waals surface area contributed by atoms with Crippen LogP contribution in [0.1, 0.15) is 43.1 Å². The molecule has 3 rings (SSSR count). The third kappa shape index (κ3) is 5.32. The Morgan fingerprint density at radius 2 is 1.78 bits per heavy atom. The van der Waals surface area contributed by atoms with Crippen LogP contribution in [0.4, 0.5) is 0 Å². The predicted octanol–water partition coefficient (Wildman–Crippen LogP) is 2.95. The molecule has 0 radical (unpaired) electrons. The van der Waals surface area contributed by atoms with Crippen LogP contribution in [0.25, 0.3) is 10.2 Å². The van der Waals surface area contributed by atoms with Gasteiger partial charge in [-0.3, -0.25) is 9.59 Å². The molecule has 1 amide bonds. The number of carbonyl (C=O) groups is 2. The Balaban J connectivity index is 2.08. The number of methoxy groups -OCH3 is 1. The number of carbonyl (C=O) groups excluding carboxylic acids is 2. The zero-order valence-corrected chi connectivity index (χ0v) is 19.9. The number of primary sulfonamides is 1. The van der Waals surface area contributed by atoms with E-state index in [0.717, 1.165) is 16.9 Å². The summed E-state index contributed by atoms with van der Waals surface area (Å²) in [6.45, 7) is 6.48. The summed E-state index contributed by atoms with van der Waals surface area (Å²) in [6, 6.07) is 11.7. The van der Waals surface area contributed by atoms with Crippen molar-refractivity contribution in [2.75, 3.05) is 7.11 Å². The van der Waals surface area contributed by atoms with Gasteiger partial charge in [0.2, 0.25) is 10.0 Å². The summed E-state index contributed by atoms with van der Waals surface area (Å²) in [6.07, 6.45) is 0.0704. The van der Waals surface area contributed by atoms with Crippen LogP contribution in [0.15, 0.2) is 52.4 Å². The first-order valence-corrected chi connectivity index (χ1v) is 12.2. The monoisotopic (exact) mass is 475 g/mol. The standard InChI is InChI=1S/C22H25N3O5S2/c1-22(2,3)15-7-5-14(6-8-15)20(27)24-21-25(12-11-19(26)30-4)17-10-9-16(32(23,28)29)13-18(17)31-21/h5-10,13H,11-12H2,1-4H3,(H2,23,28,29). The molecule has 32 heavy (non-hydrogen) atoms. The lowest BCUT2D eigenvalue weighted by molar-refractivity contribution is -0.140. The summed E-state index contributed by atoms with van der Waals surface area (Å²) in [5.41, 5.74) is 2.13. The van der Waals surface area contributed by atoms with E-state index in [1.165, 1.54) is 19.2 Å². The maximum absolute atomic E-state index is 12.8. The Morgan fingerprint density at radius 1 is 1.12 bits per heavy atom. The largest absolute Gasteiger partial charge is 0.469 e. The van der Waals surface area contributed by atoms with Gasteiger partial charge < -0.3 is 9.30 Å². The Kier molecular flexibility index (Phi) is 6.68. The molecule has 170 valence electrons. The van der Waals surface area contributed by atoms with E-state index >= 15 is 0 Å². The van der Waals surface area contributed by atoms with Gasteiger partial charge in [0.15, 0.2) is 4.80 Å². The average Bonchev–Trinajstić information content (AvgIpc) is 3.06. The van der Waals surface area contributed by atoms with Crippen molar-refractivity contribution in [2.24, 2.45) is 10.1 Å². The van der Waals surface area contributed by atoms with Gasteiger partial charge in [-0.2, -0.15) is 4.99 Å². The molecule has 1 heterocycles. The number of thiazole rings is 1. The summed E-state index contributed by atoms with van der Waals surface area (Å²) in [4.78, 5) is 29.1. The molecule has 2 N–H and O–H groups in total. The van der Waals surface area contributed by atoms with E-state index in [1.807, 2.05) is 12.1 Å². The van der Waals surface area contributed by atoms with Gasteiger partial charge in [-0.15, -0.1) is 0 Å². The van der Waals surface area contributed by atoms with E-state index in [1.54, 1.807) is 22.8 Å². The van der Waals surface area contributed by atoms with E-state index < -0.39 is 21.9 Å². The highest BCUT2D eigenvalue weighted by molar-refractivity contribution is 7.89. The summed E-state index contributed by atoms with van der Waals surface area (Å²) < 4.78 is 30.4. The molecule has 0 aliphatic heterocycles. The summed E-state index contributed by atoms with van der Waals surface area (Å²) in [7, 11) is -2.59. The fourth-order valence-electron chi connectivity index (χ4n) is 3.10. The number of nitrogens with zero attached hydrogens (tertiary/aromatic N) is 2. The number of benzene rings is 2. The highest BCUT2D eigenvalue weighted by Gasteiger charge is 2.16. The predicted molar refractivity (Wildman–Crippen MR) is 123 cm³/mol. The van der Waals surface area contributed by atoms with Crippen molar-refractivity contribution in [1.29, 1.82) is 0 Å². The number of nitrogens with two attached hydrogens (primary N) is 1. The van der Waals surface area contributed by atoms with Gasteiger partial charge in [0.25, 0.3) is 5.91 Å². The Labute approximate surface area is 190 Å². The van der Waals surface area contributed by atoms with Crippen molar-refractivity contribution in [3.05, 3.63) is 58.4 Å². The Morgan fingerprint density at radius 3 is 2.34 bits per heavy atom. The fourth-order valence-corrected chi connectivity index (χ4v) is 4.81. The quantitative estimate of drug-likeness (QED) is 0.569. The first kappa shape index (κ1) is 23.8. The van der Waals surface area contributed by atoms with Crippen LogP contribution in [0.3, 0.4) is 0 Å². The molecule has 0 aliphatic rings. The lowest BCUT2D eigenvalue weighted by Gasteiger charge is -2.18. The number of aromatic nitrogens is 1. The fraction of sp³-hybridized carbons (Fsp3) is 0.318. The van der Waals surface area contributed by atoms with Crippen molar-refractivity contribution in [1.82, 2.24) is 4.57 Å². The second-order valence-electron chi connectivity index (χ2n) is 8.28. The molecule has 0 atom stereocenters. The molecule has 0 bridgehead atoms. The van der Waals surface area contributed by atoms with Crippen molar-refractivity contribution in [2.45, 2.75) is 44.0 Å². The number of amides is 1. The number of aryl methyl sites for hydroxylation is 1. The lowest BCUT2D eigenvalue weighted by atomic mass is 9.87. The van der Waals surface area contributed by atoms with Crippen molar-refractivity contribution >= 4 is 43.5 Å². The van der Waals surface area contributed by atoms with E-state index in [0.29, 0.717) is 20.6 Å². The number of esters is 1. The maximum atomic E-state index is 12.8. The highest BCUT2D eigenvalue weighted by Crippen LogP contribution is 2.23. The van der Waals surface area contributed by atoms with Gasteiger partial charge in [0, 0.05) is 12.1 Å². The van der Waals surface area contributed by atoms with Crippen molar-refractivity contribution in [3.8, 4) is 0 Å². The highest BCUT2D eigenvalue weighted by atomic mass is 32.2. The van der Waals surface area contributed by atoms with Gasteiger partial charge in [0.05, 0.1) is 28.6 Å². The molecule has 2 aromatic carbocycles. The molecular formula is C22H25N3O5S2. The number of hydrogen-bond donors (Lipinski definition) is 1. The molecule has 10 heteroatoms. The van der Waals surface area contributed by atoms with Crippen molar-refractivity contribution in [3.63, 3.8) is 0 Å². The second kappa shape index (κ2) is 8.97. The Bertz CT molecular complexity index is 1340. The van der Waals surface area contributed by atoms with Crippen LogP contribution in [-0.2, 0) is 31.5 Å². The zero-order chi connectivity index (χ0) is 23.7. The number of sulfonamides is 1. The van der Waals surface area contributed by atoms with E-state index in [9.17, 15) is 18.0 Å². The lowest BCUT2D eigenvalue weighted by Crippen LogP contribution is -2.19. The van der Waals surface area contributed by atoms with Gasteiger partial charge >= 0.3 is 5.97 Å². The normalized spacial score (nSPS) is 12.8. The van der Waals surface area contributed by atoms with Gasteiger partial charge in [-0.05, 0) is 41.3 Å². The van der Waals surface area contributed by atoms with Crippen molar-refractivity contribution < 1.29 is 22.7 Å². The van der Waals surface area contributed by atoms with Gasteiger partial charge in [0.1, 0.15) is 0 Å². The first-order valence-electron chi connectivity index (χ1n) is 9.83. The summed E-state index contributed by atoms with van der Waals surface area (Å²) >= 11 is 1.15. The van der Waals surface area contributed by atoms with Crippen LogP contribution in [0.5, 0.6) is 0 Å². The number of fused-ring (bicyclic) bond motifs is 1. The molecule has 0 fully saturated rings. The summed E-state index contributed by atoms with van der Waals surface area (Å²) in [5, 5.41) is 5.24. The number of rotatable bonds is 5. The van der Waals surface area contributed by atoms with Gasteiger partial charge in [-0.25, -0.2) is 13.6 Å². The molecule has 0 saturated heterocycles. The minimum absolute atomic E-state index is 0.0395. The third-order valence-electron chi connectivity index (χ3n) is 4.95. The van der Waals surface area contributed by atoms with E-state index in [-0.39, 0.29) is 23.3 Å². The minimum Gasteiger partial charge on any atom is -0.469 e. The molecule has 0 aliphatic carbocycles. The average molecular weight is 476 g/mol. The van der Waals surface area contributed by atoms with Crippen LogP contribution >= 0.6 is 11.3 Å². The van der Waals surface area contributed by atoms with Crippen LogP contribution < -0.4 is 9.94 Å². The van der Waals surface area contributed by atoms with Gasteiger partial charge in [-0.1, -0.05) is 44.2 Å². The number of hydrogen-bond acceptors (Lipinski definition) is 6. The maximum Gasteiger partial charge on any atom is 0.307 e. The van der Waals surface area contributed by atoms with Crippen LogP contribution in [0, 0.1) is 0 Å². The SMILES string of the molecule is COC(=O)CCn1c(=NC(=O)c2ccc(C(C)(C)C)cc2)sc2cc(S(N)(=O)=O)ccc21. The Hall–Kier alpha value is -2.82. The smallest absolute Gasteiger partial charge is 0.307 e.